The third-order valence-corrected chi connectivity index (χ3v) is 4.14. The van der Waals surface area contributed by atoms with Gasteiger partial charge in [0, 0.05) is 25.7 Å². The molecule has 104 valence electrons. The number of aliphatic carboxylic acids is 1. The van der Waals surface area contributed by atoms with Gasteiger partial charge in [0.05, 0.1) is 6.61 Å². The van der Waals surface area contributed by atoms with E-state index in [1.165, 1.54) is 12.8 Å². The molecule has 0 aromatic rings. The van der Waals surface area contributed by atoms with Crippen LogP contribution in [0.4, 0.5) is 0 Å². The zero-order chi connectivity index (χ0) is 13.2. The average molecular weight is 256 g/mol. The molecule has 2 aliphatic heterocycles. The van der Waals surface area contributed by atoms with Crippen molar-refractivity contribution in [3.8, 4) is 0 Å². The summed E-state index contributed by atoms with van der Waals surface area (Å²) in [7, 11) is 4.14. The van der Waals surface area contributed by atoms with Crippen molar-refractivity contribution in [3.05, 3.63) is 0 Å². The standard InChI is InChI=1S/C13H24N2O3/c1-14(2)8-11-4-3-6-15(11)9-13(12(16)17)5-7-18-10-13/h11H,3-10H2,1-2H3,(H,16,17). The van der Waals surface area contributed by atoms with Crippen molar-refractivity contribution in [1.82, 2.24) is 9.80 Å². The van der Waals surface area contributed by atoms with Gasteiger partial charge in [-0.15, -0.1) is 0 Å². The molecular weight excluding hydrogens is 232 g/mol. The van der Waals surface area contributed by atoms with Crippen molar-refractivity contribution in [1.29, 1.82) is 0 Å². The summed E-state index contributed by atoms with van der Waals surface area (Å²) >= 11 is 0. The van der Waals surface area contributed by atoms with Gasteiger partial charge >= 0.3 is 5.97 Å². The van der Waals surface area contributed by atoms with Gasteiger partial charge in [-0.25, -0.2) is 0 Å². The quantitative estimate of drug-likeness (QED) is 0.776. The maximum absolute atomic E-state index is 11.5. The normalized spacial score (nSPS) is 33.4. The third-order valence-electron chi connectivity index (χ3n) is 4.14. The molecule has 0 aromatic carbocycles. The van der Waals surface area contributed by atoms with Crippen LogP contribution in [0.1, 0.15) is 19.3 Å². The highest BCUT2D eigenvalue weighted by atomic mass is 16.5. The maximum Gasteiger partial charge on any atom is 0.313 e. The van der Waals surface area contributed by atoms with E-state index in [0.717, 1.165) is 13.1 Å². The van der Waals surface area contributed by atoms with E-state index < -0.39 is 11.4 Å². The zero-order valence-corrected chi connectivity index (χ0v) is 11.4. The van der Waals surface area contributed by atoms with E-state index in [-0.39, 0.29) is 0 Å². The summed E-state index contributed by atoms with van der Waals surface area (Å²) in [5, 5.41) is 9.48. The lowest BCUT2D eigenvalue weighted by molar-refractivity contribution is -0.150. The van der Waals surface area contributed by atoms with Crippen molar-refractivity contribution in [2.75, 3.05) is 46.9 Å². The Morgan fingerprint density at radius 2 is 2.33 bits per heavy atom. The number of hydrogen-bond acceptors (Lipinski definition) is 4. The van der Waals surface area contributed by atoms with Gasteiger partial charge in [0.1, 0.15) is 5.41 Å². The minimum atomic E-state index is -0.699. The highest BCUT2D eigenvalue weighted by Crippen LogP contribution is 2.32. The average Bonchev–Trinajstić information content (AvgIpc) is 2.89. The lowest BCUT2D eigenvalue weighted by Gasteiger charge is -2.33. The molecule has 0 saturated carbocycles. The molecule has 2 unspecified atom stereocenters. The highest BCUT2D eigenvalue weighted by molar-refractivity contribution is 5.75. The van der Waals surface area contributed by atoms with Crippen LogP contribution in [0.5, 0.6) is 0 Å². The maximum atomic E-state index is 11.5. The molecule has 2 atom stereocenters. The van der Waals surface area contributed by atoms with Crippen molar-refractivity contribution < 1.29 is 14.6 Å². The van der Waals surface area contributed by atoms with Crippen LogP contribution in [-0.4, -0.2) is 73.9 Å². The van der Waals surface area contributed by atoms with E-state index >= 15 is 0 Å². The fourth-order valence-electron chi connectivity index (χ4n) is 3.09. The summed E-state index contributed by atoms with van der Waals surface area (Å²) in [6.07, 6.45) is 3.00. The molecule has 2 fully saturated rings. The van der Waals surface area contributed by atoms with Gasteiger partial charge in [0.2, 0.25) is 0 Å². The fourth-order valence-corrected chi connectivity index (χ4v) is 3.09. The van der Waals surface area contributed by atoms with Crippen molar-refractivity contribution >= 4 is 5.97 Å². The van der Waals surface area contributed by atoms with Gasteiger partial charge in [-0.3, -0.25) is 9.69 Å². The van der Waals surface area contributed by atoms with Crippen LogP contribution in [0.2, 0.25) is 0 Å². The lowest BCUT2D eigenvalue weighted by Crippen LogP contribution is -2.47. The molecule has 5 nitrogen and oxygen atoms in total. The number of carboxylic acids is 1. The topological polar surface area (TPSA) is 53.0 Å². The Balaban J connectivity index is 2.00. The van der Waals surface area contributed by atoms with Crippen LogP contribution < -0.4 is 0 Å². The van der Waals surface area contributed by atoms with Crippen LogP contribution in [0.3, 0.4) is 0 Å². The minimum Gasteiger partial charge on any atom is -0.481 e. The first-order chi connectivity index (χ1) is 8.53. The molecule has 0 aromatic heterocycles. The van der Waals surface area contributed by atoms with E-state index in [1.54, 1.807) is 0 Å². The minimum absolute atomic E-state index is 0.369. The van der Waals surface area contributed by atoms with E-state index in [0.29, 0.717) is 32.2 Å². The van der Waals surface area contributed by atoms with Gasteiger partial charge in [-0.1, -0.05) is 0 Å². The first-order valence-electron chi connectivity index (χ1n) is 6.73. The summed E-state index contributed by atoms with van der Waals surface area (Å²) < 4.78 is 5.33. The van der Waals surface area contributed by atoms with Crippen LogP contribution in [-0.2, 0) is 9.53 Å². The molecule has 2 aliphatic rings. The summed E-state index contributed by atoms with van der Waals surface area (Å²) in [5.41, 5.74) is -0.672. The predicted octanol–water partition coefficient (Wildman–Crippen LogP) is 0.504. The summed E-state index contributed by atoms with van der Waals surface area (Å²) in [4.78, 5) is 16.1. The Morgan fingerprint density at radius 1 is 1.56 bits per heavy atom. The molecule has 2 saturated heterocycles. The van der Waals surface area contributed by atoms with E-state index in [2.05, 4.69) is 23.9 Å². The number of rotatable bonds is 5. The number of hydrogen-bond donors (Lipinski definition) is 1. The largest absolute Gasteiger partial charge is 0.481 e. The molecule has 1 N–H and O–H groups in total. The number of likely N-dealkylation sites (N-methyl/N-ethyl adjacent to an activating group) is 1. The first-order valence-corrected chi connectivity index (χ1v) is 6.73. The molecule has 2 heterocycles. The molecule has 0 spiro atoms. The molecular formula is C13H24N2O3. The smallest absolute Gasteiger partial charge is 0.313 e. The van der Waals surface area contributed by atoms with Crippen LogP contribution in [0.15, 0.2) is 0 Å². The summed E-state index contributed by atoms with van der Waals surface area (Å²) in [5.74, 6) is -0.699. The SMILES string of the molecule is CN(C)CC1CCCN1CC1(C(=O)O)CCOC1. The van der Waals surface area contributed by atoms with E-state index in [9.17, 15) is 9.90 Å². The Hall–Kier alpha value is -0.650. The Bertz CT molecular complexity index is 301. The van der Waals surface area contributed by atoms with Gasteiger partial charge < -0.3 is 14.7 Å². The Kier molecular flexibility index (Phi) is 4.25. The van der Waals surface area contributed by atoms with Crippen molar-refractivity contribution in [3.63, 3.8) is 0 Å². The van der Waals surface area contributed by atoms with Gasteiger partial charge in [-0.05, 0) is 39.9 Å². The molecule has 0 aliphatic carbocycles. The molecule has 18 heavy (non-hydrogen) atoms. The fraction of sp³-hybridized carbons (Fsp3) is 0.923. The van der Waals surface area contributed by atoms with Crippen LogP contribution >= 0.6 is 0 Å². The second kappa shape index (κ2) is 5.55. The summed E-state index contributed by atoms with van der Waals surface area (Å²) in [6.45, 7) is 3.62. The van der Waals surface area contributed by atoms with Crippen molar-refractivity contribution in [2.24, 2.45) is 5.41 Å². The molecule has 2 rings (SSSR count). The molecule has 0 amide bonds. The highest BCUT2D eigenvalue weighted by Gasteiger charge is 2.45. The number of ether oxygens (including phenoxy) is 1. The molecule has 0 radical (unpaired) electrons. The Morgan fingerprint density at radius 3 is 2.89 bits per heavy atom. The number of likely N-dealkylation sites (tertiary alicyclic amines) is 1. The zero-order valence-electron chi connectivity index (χ0n) is 11.4. The predicted molar refractivity (Wildman–Crippen MR) is 68.7 cm³/mol. The lowest BCUT2D eigenvalue weighted by atomic mass is 9.86. The second-order valence-corrected chi connectivity index (χ2v) is 5.92. The van der Waals surface area contributed by atoms with E-state index in [1.807, 2.05) is 0 Å². The number of nitrogens with zero attached hydrogens (tertiary/aromatic N) is 2. The number of carboxylic acid groups (broad SMARTS) is 1. The number of carbonyl (C=O) groups is 1. The molecule has 5 heteroatoms. The monoisotopic (exact) mass is 256 g/mol. The van der Waals surface area contributed by atoms with Gasteiger partial charge in [-0.2, -0.15) is 0 Å². The second-order valence-electron chi connectivity index (χ2n) is 5.92. The van der Waals surface area contributed by atoms with Crippen molar-refractivity contribution in [2.45, 2.75) is 25.3 Å². The van der Waals surface area contributed by atoms with Gasteiger partial charge in [0.15, 0.2) is 0 Å². The third kappa shape index (κ3) is 2.84. The van der Waals surface area contributed by atoms with Crippen LogP contribution in [0.25, 0.3) is 0 Å². The van der Waals surface area contributed by atoms with Gasteiger partial charge in [0.25, 0.3) is 0 Å². The summed E-state index contributed by atoms with van der Waals surface area (Å²) in [6, 6.07) is 0.497. The van der Waals surface area contributed by atoms with E-state index in [4.69, 9.17) is 4.74 Å². The first kappa shape index (κ1) is 13.8. The molecule has 0 bridgehead atoms. The van der Waals surface area contributed by atoms with Crippen LogP contribution in [0, 0.1) is 5.41 Å². The Labute approximate surface area is 109 Å².